The maximum absolute atomic E-state index is 10.5. The molecule has 1 unspecified atom stereocenters. The third-order valence-electron chi connectivity index (χ3n) is 5.80. The molecule has 2 N–H and O–H groups in total. The summed E-state index contributed by atoms with van der Waals surface area (Å²) in [5, 5.41) is 25.9. The maximum atomic E-state index is 10.5. The number of H-pyrrole nitrogens is 1. The van der Waals surface area contributed by atoms with Gasteiger partial charge in [0.2, 0.25) is 5.95 Å². The van der Waals surface area contributed by atoms with Crippen LogP contribution in [0.5, 0.6) is 5.75 Å². The predicted octanol–water partition coefficient (Wildman–Crippen LogP) is 3.01. The van der Waals surface area contributed by atoms with Gasteiger partial charge in [-0.3, -0.25) is 10.00 Å². The first kappa shape index (κ1) is 22.3. The fraction of sp³-hybridized carbons (Fsp3) is 0.400. The molecule has 1 aliphatic carbocycles. The van der Waals surface area contributed by atoms with Crippen molar-refractivity contribution in [3.63, 3.8) is 0 Å². The van der Waals surface area contributed by atoms with Crippen LogP contribution in [0.3, 0.4) is 0 Å². The smallest absolute Gasteiger partial charge is 0.245 e. The topological polar surface area (TPSA) is 94.1 Å². The summed E-state index contributed by atoms with van der Waals surface area (Å²) in [6.45, 7) is 2.88. The lowest BCUT2D eigenvalue weighted by atomic mass is 10.0. The fourth-order valence-electron chi connectivity index (χ4n) is 3.95. The van der Waals surface area contributed by atoms with Gasteiger partial charge in [-0.25, -0.2) is 4.98 Å². The van der Waals surface area contributed by atoms with Crippen LogP contribution >= 0.6 is 24.8 Å². The van der Waals surface area contributed by atoms with Gasteiger partial charge in [0.1, 0.15) is 11.4 Å². The van der Waals surface area contributed by atoms with Crippen molar-refractivity contribution < 1.29 is 5.11 Å². The van der Waals surface area contributed by atoms with Crippen LogP contribution in [0.25, 0.3) is 22.4 Å². The molecule has 0 bridgehead atoms. The minimum Gasteiger partial charge on any atom is -0.507 e. The highest BCUT2D eigenvalue weighted by molar-refractivity contribution is 5.85. The number of nitrogens with one attached hydrogen (secondary N) is 1. The Labute approximate surface area is 187 Å². The molecule has 0 radical (unpaired) electrons. The second kappa shape index (κ2) is 9.16. The summed E-state index contributed by atoms with van der Waals surface area (Å²) in [7, 11) is 2.21. The molecule has 1 aromatic carbocycles. The third kappa shape index (κ3) is 4.35. The summed E-state index contributed by atoms with van der Waals surface area (Å²) in [5.74, 6) is 1.62. The number of hydrogen-bond acceptors (Lipinski definition) is 7. The van der Waals surface area contributed by atoms with Crippen molar-refractivity contribution in [3.8, 4) is 28.1 Å². The Hall–Kier alpha value is -2.42. The monoisotopic (exact) mass is 449 g/mol. The maximum Gasteiger partial charge on any atom is 0.245 e. The van der Waals surface area contributed by atoms with Gasteiger partial charge in [0.05, 0.1) is 12.4 Å². The number of hydrogen-bond donors (Lipinski definition) is 2. The molecule has 2 aromatic heterocycles. The first-order chi connectivity index (χ1) is 13.7. The molecular weight excluding hydrogens is 425 g/mol. The normalized spacial score (nSPS) is 19.1. The number of anilines is 1. The van der Waals surface area contributed by atoms with Gasteiger partial charge in [0, 0.05) is 43.0 Å². The van der Waals surface area contributed by atoms with Crippen LogP contribution in [0.1, 0.15) is 12.8 Å². The highest BCUT2D eigenvalue weighted by atomic mass is 35.5. The second-order valence-electron chi connectivity index (χ2n) is 7.69. The number of aromatic nitrogens is 5. The van der Waals surface area contributed by atoms with Crippen LogP contribution in [0.15, 0.2) is 36.8 Å². The largest absolute Gasteiger partial charge is 0.507 e. The molecule has 1 saturated heterocycles. The summed E-state index contributed by atoms with van der Waals surface area (Å²) in [4.78, 5) is 9.22. The Kier molecular flexibility index (Phi) is 6.80. The first-order valence-electron chi connectivity index (χ1n) is 9.66. The number of halogens is 2. The van der Waals surface area contributed by atoms with E-state index in [1.807, 2.05) is 12.1 Å². The van der Waals surface area contributed by atoms with E-state index in [9.17, 15) is 5.11 Å². The fourth-order valence-corrected chi connectivity index (χ4v) is 3.95. The van der Waals surface area contributed by atoms with Crippen molar-refractivity contribution >= 4 is 30.8 Å². The van der Waals surface area contributed by atoms with Crippen LogP contribution in [0, 0.1) is 5.92 Å². The van der Waals surface area contributed by atoms with Gasteiger partial charge in [0.15, 0.2) is 0 Å². The van der Waals surface area contributed by atoms with Gasteiger partial charge in [0.25, 0.3) is 0 Å². The molecule has 2 fully saturated rings. The molecule has 3 heterocycles. The van der Waals surface area contributed by atoms with E-state index in [4.69, 9.17) is 0 Å². The van der Waals surface area contributed by atoms with Crippen molar-refractivity contribution in [1.29, 1.82) is 0 Å². The Morgan fingerprint density at radius 3 is 2.53 bits per heavy atom. The molecule has 1 atom stereocenters. The zero-order valence-electron chi connectivity index (χ0n) is 16.6. The van der Waals surface area contributed by atoms with Crippen molar-refractivity contribution in [2.75, 3.05) is 31.6 Å². The molecule has 8 nitrogen and oxygen atoms in total. The van der Waals surface area contributed by atoms with E-state index in [1.165, 1.54) is 12.8 Å². The molecule has 3 aromatic rings. The van der Waals surface area contributed by atoms with Gasteiger partial charge < -0.3 is 10.0 Å². The van der Waals surface area contributed by atoms with Crippen LogP contribution in [0.2, 0.25) is 0 Å². The third-order valence-corrected chi connectivity index (χ3v) is 5.80. The molecule has 2 aliphatic rings. The Bertz CT molecular complexity index is 964. The quantitative estimate of drug-likeness (QED) is 0.631. The summed E-state index contributed by atoms with van der Waals surface area (Å²) in [6, 6.07) is 6.05. The Balaban J connectivity index is 0.00000128. The number of likely N-dealkylation sites (N-methyl/N-ethyl adjacent to an activating group) is 1. The van der Waals surface area contributed by atoms with Gasteiger partial charge >= 0.3 is 0 Å². The highest BCUT2D eigenvalue weighted by Gasteiger charge is 2.37. The molecule has 30 heavy (non-hydrogen) atoms. The predicted molar refractivity (Wildman–Crippen MR) is 120 cm³/mol. The Morgan fingerprint density at radius 2 is 1.90 bits per heavy atom. The van der Waals surface area contributed by atoms with E-state index in [1.54, 1.807) is 24.7 Å². The van der Waals surface area contributed by atoms with Gasteiger partial charge in [-0.1, -0.05) is 6.07 Å². The van der Waals surface area contributed by atoms with Crippen LogP contribution in [0.4, 0.5) is 5.95 Å². The van der Waals surface area contributed by atoms with E-state index in [0.29, 0.717) is 23.2 Å². The van der Waals surface area contributed by atoms with E-state index < -0.39 is 0 Å². The van der Waals surface area contributed by atoms with Crippen molar-refractivity contribution in [2.45, 2.75) is 18.9 Å². The molecule has 160 valence electrons. The molecule has 0 spiro atoms. The lowest BCUT2D eigenvalue weighted by molar-refractivity contribution is 0.196. The number of nitrogens with zero attached hydrogens (tertiary/aromatic N) is 6. The average Bonchev–Trinajstić information content (AvgIpc) is 3.41. The lowest BCUT2D eigenvalue weighted by Crippen LogP contribution is -2.53. The molecule has 5 rings (SSSR count). The van der Waals surface area contributed by atoms with E-state index in [-0.39, 0.29) is 30.6 Å². The van der Waals surface area contributed by atoms with Gasteiger partial charge in [-0.15, -0.1) is 35.0 Å². The zero-order chi connectivity index (χ0) is 19.1. The highest BCUT2D eigenvalue weighted by Crippen LogP contribution is 2.37. The van der Waals surface area contributed by atoms with E-state index in [0.717, 1.165) is 36.7 Å². The number of rotatable bonds is 4. The number of aromatic hydroxyl groups is 1. The standard InChI is InChI=1S/C20H23N7O.2ClH/c1-26-6-7-27(12-18(26)13-2-3-13)20-21-11-17(24-25-20)16-5-4-14(8-19(16)28)15-9-22-23-10-15;;/h4-5,8-11,13,18,28H,2-3,6-7,12H2,1H3,(H,22,23);2*1H. The van der Waals surface area contributed by atoms with Crippen molar-refractivity contribution in [1.82, 2.24) is 30.3 Å². The molecule has 1 aliphatic heterocycles. The van der Waals surface area contributed by atoms with Gasteiger partial charge in [-0.05, 0) is 43.5 Å². The molecule has 10 heteroatoms. The number of phenols is 1. The number of phenolic OH excluding ortho intramolecular Hbond substituents is 1. The minimum atomic E-state index is 0. The summed E-state index contributed by atoms with van der Waals surface area (Å²) in [6.07, 6.45) is 7.86. The number of aromatic amines is 1. The zero-order valence-corrected chi connectivity index (χ0v) is 18.2. The number of piperazine rings is 1. The van der Waals surface area contributed by atoms with Crippen molar-refractivity contribution in [2.24, 2.45) is 5.92 Å². The molecule has 0 amide bonds. The molecule has 1 saturated carbocycles. The van der Waals surface area contributed by atoms with E-state index >= 15 is 0 Å². The molecular formula is C20H25Cl2N7O. The van der Waals surface area contributed by atoms with Crippen LogP contribution in [-0.2, 0) is 0 Å². The average molecular weight is 450 g/mol. The Morgan fingerprint density at radius 1 is 1.07 bits per heavy atom. The summed E-state index contributed by atoms with van der Waals surface area (Å²) >= 11 is 0. The summed E-state index contributed by atoms with van der Waals surface area (Å²) in [5.41, 5.74) is 2.98. The van der Waals surface area contributed by atoms with E-state index in [2.05, 4.69) is 42.2 Å². The van der Waals surface area contributed by atoms with Crippen LogP contribution in [-0.4, -0.2) is 68.1 Å². The lowest BCUT2D eigenvalue weighted by Gasteiger charge is -2.39. The van der Waals surface area contributed by atoms with Crippen molar-refractivity contribution in [3.05, 3.63) is 36.8 Å². The second-order valence-corrected chi connectivity index (χ2v) is 7.69. The van der Waals surface area contributed by atoms with Gasteiger partial charge in [-0.2, -0.15) is 5.10 Å². The summed E-state index contributed by atoms with van der Waals surface area (Å²) < 4.78 is 0. The van der Waals surface area contributed by atoms with Crippen LogP contribution < -0.4 is 4.90 Å². The first-order valence-corrected chi connectivity index (χ1v) is 9.66. The minimum absolute atomic E-state index is 0. The SMILES string of the molecule is CN1CCN(c2ncc(-c3ccc(-c4cn[nH]c4)cc3O)nn2)CC1C1CC1.Cl.Cl. The number of benzene rings is 1.